The Balaban J connectivity index is 2.49. The Kier molecular flexibility index (Phi) is 5.92. The molecule has 0 unspecified atom stereocenters. The minimum atomic E-state index is -0.414. The summed E-state index contributed by atoms with van der Waals surface area (Å²) in [5.41, 5.74) is 0.570. The molecule has 0 radical (unpaired) electrons. The van der Waals surface area contributed by atoms with E-state index in [0.29, 0.717) is 16.6 Å². The van der Waals surface area contributed by atoms with E-state index in [0.717, 1.165) is 19.4 Å². The van der Waals surface area contributed by atoms with E-state index in [4.69, 9.17) is 11.6 Å². The molecule has 0 fully saturated rings. The van der Waals surface area contributed by atoms with Gasteiger partial charge in [0.25, 0.3) is 5.69 Å². The van der Waals surface area contributed by atoms with Crippen molar-refractivity contribution in [1.29, 1.82) is 0 Å². The molecule has 1 aromatic carbocycles. The SMILES string of the molecule is CC(C)CCCCNc1ccc(Cl)cc1[N+](=O)[O-]. The van der Waals surface area contributed by atoms with Gasteiger partial charge in [0.2, 0.25) is 0 Å². The van der Waals surface area contributed by atoms with Crippen molar-refractivity contribution < 1.29 is 4.92 Å². The zero-order chi connectivity index (χ0) is 13.5. The summed E-state index contributed by atoms with van der Waals surface area (Å²) in [6, 6.07) is 4.69. The minimum Gasteiger partial charge on any atom is -0.379 e. The van der Waals surface area contributed by atoms with Gasteiger partial charge in [-0.25, -0.2) is 0 Å². The zero-order valence-corrected chi connectivity index (χ0v) is 11.5. The number of nitrogens with one attached hydrogen (secondary N) is 1. The first-order chi connectivity index (χ1) is 8.50. The fourth-order valence-corrected chi connectivity index (χ4v) is 1.87. The fraction of sp³-hybridized carbons (Fsp3) is 0.538. The van der Waals surface area contributed by atoms with Crippen LogP contribution >= 0.6 is 11.6 Å². The highest BCUT2D eigenvalue weighted by Gasteiger charge is 2.13. The monoisotopic (exact) mass is 270 g/mol. The normalized spacial score (nSPS) is 10.7. The third-order valence-electron chi connectivity index (χ3n) is 2.68. The van der Waals surface area contributed by atoms with Gasteiger partial charge in [0.1, 0.15) is 5.69 Å². The summed E-state index contributed by atoms with van der Waals surface area (Å²) in [4.78, 5) is 10.4. The second-order valence-electron chi connectivity index (χ2n) is 4.73. The Labute approximate surface area is 112 Å². The number of nitro groups is 1. The maximum atomic E-state index is 10.9. The molecule has 0 atom stereocenters. The fourth-order valence-electron chi connectivity index (χ4n) is 1.71. The highest BCUT2D eigenvalue weighted by atomic mass is 35.5. The molecule has 0 aromatic heterocycles. The molecule has 1 rings (SSSR count). The number of nitrogens with zero attached hydrogens (tertiary/aromatic N) is 1. The Bertz CT molecular complexity index is 408. The van der Waals surface area contributed by atoms with E-state index < -0.39 is 4.92 Å². The third kappa shape index (κ3) is 4.92. The maximum Gasteiger partial charge on any atom is 0.293 e. The number of nitro benzene ring substituents is 1. The van der Waals surface area contributed by atoms with Crippen molar-refractivity contribution >= 4 is 23.0 Å². The molecule has 18 heavy (non-hydrogen) atoms. The predicted octanol–water partition coefficient (Wildman–Crippen LogP) is 4.49. The van der Waals surface area contributed by atoms with Gasteiger partial charge < -0.3 is 5.32 Å². The summed E-state index contributed by atoms with van der Waals surface area (Å²) in [5, 5.41) is 14.3. The van der Waals surface area contributed by atoms with Gasteiger partial charge in [0.05, 0.1) is 4.92 Å². The first-order valence-corrected chi connectivity index (χ1v) is 6.56. The summed E-state index contributed by atoms with van der Waals surface area (Å²) in [7, 11) is 0. The molecule has 5 heteroatoms. The van der Waals surface area contributed by atoms with Gasteiger partial charge in [-0.05, 0) is 24.5 Å². The minimum absolute atomic E-state index is 0.0337. The van der Waals surface area contributed by atoms with Crippen LogP contribution < -0.4 is 5.32 Å². The average molecular weight is 271 g/mol. The molecule has 0 bridgehead atoms. The summed E-state index contributed by atoms with van der Waals surface area (Å²) < 4.78 is 0. The third-order valence-corrected chi connectivity index (χ3v) is 2.92. The molecular weight excluding hydrogens is 252 g/mol. The van der Waals surface area contributed by atoms with Gasteiger partial charge in [0, 0.05) is 17.6 Å². The molecule has 0 aliphatic heterocycles. The Morgan fingerprint density at radius 2 is 2.11 bits per heavy atom. The summed E-state index contributed by atoms with van der Waals surface area (Å²) >= 11 is 5.75. The van der Waals surface area contributed by atoms with Crippen molar-refractivity contribution in [2.45, 2.75) is 33.1 Å². The lowest BCUT2D eigenvalue weighted by molar-refractivity contribution is -0.383. The van der Waals surface area contributed by atoms with Gasteiger partial charge in [-0.1, -0.05) is 38.3 Å². The van der Waals surface area contributed by atoms with Gasteiger partial charge in [-0.3, -0.25) is 10.1 Å². The molecule has 0 saturated carbocycles. The molecule has 100 valence electrons. The van der Waals surface area contributed by atoms with Crippen molar-refractivity contribution in [1.82, 2.24) is 0 Å². The first-order valence-electron chi connectivity index (χ1n) is 6.18. The number of rotatable bonds is 7. The molecule has 0 heterocycles. The van der Waals surface area contributed by atoms with E-state index in [-0.39, 0.29) is 5.69 Å². The van der Waals surface area contributed by atoms with Crippen LogP contribution in [-0.2, 0) is 0 Å². The zero-order valence-electron chi connectivity index (χ0n) is 10.8. The average Bonchev–Trinajstić information content (AvgIpc) is 2.29. The number of hydrogen-bond donors (Lipinski definition) is 1. The molecule has 0 amide bonds. The van der Waals surface area contributed by atoms with Gasteiger partial charge in [-0.2, -0.15) is 0 Å². The smallest absolute Gasteiger partial charge is 0.293 e. The highest BCUT2D eigenvalue weighted by molar-refractivity contribution is 6.30. The van der Waals surface area contributed by atoms with Crippen LogP contribution in [0.2, 0.25) is 5.02 Å². The van der Waals surface area contributed by atoms with E-state index in [1.807, 2.05) is 0 Å². The largest absolute Gasteiger partial charge is 0.379 e. The van der Waals surface area contributed by atoms with E-state index in [1.54, 1.807) is 12.1 Å². The molecule has 4 nitrogen and oxygen atoms in total. The van der Waals surface area contributed by atoms with Crippen LogP contribution in [0.1, 0.15) is 33.1 Å². The quantitative estimate of drug-likeness (QED) is 0.451. The standard InChI is InChI=1S/C13H19ClN2O2/c1-10(2)5-3-4-8-15-12-7-6-11(14)9-13(12)16(17)18/h6-7,9-10,15H,3-5,8H2,1-2H3. The van der Waals surface area contributed by atoms with E-state index in [9.17, 15) is 10.1 Å². The van der Waals surface area contributed by atoms with Crippen molar-refractivity contribution in [2.75, 3.05) is 11.9 Å². The predicted molar refractivity (Wildman–Crippen MR) is 75.3 cm³/mol. The summed E-state index contributed by atoms with van der Waals surface area (Å²) in [5.74, 6) is 0.704. The number of halogens is 1. The highest BCUT2D eigenvalue weighted by Crippen LogP contribution is 2.27. The second-order valence-corrected chi connectivity index (χ2v) is 5.17. The summed E-state index contributed by atoms with van der Waals surface area (Å²) in [6.07, 6.45) is 3.33. The Hall–Kier alpha value is -1.29. The van der Waals surface area contributed by atoms with Crippen LogP contribution in [0, 0.1) is 16.0 Å². The van der Waals surface area contributed by atoms with E-state index >= 15 is 0 Å². The van der Waals surface area contributed by atoms with Crippen LogP contribution in [0.4, 0.5) is 11.4 Å². The van der Waals surface area contributed by atoms with Gasteiger partial charge >= 0.3 is 0 Å². The number of hydrogen-bond acceptors (Lipinski definition) is 3. The first kappa shape index (κ1) is 14.8. The number of benzene rings is 1. The molecule has 1 aromatic rings. The Morgan fingerprint density at radius 3 is 2.72 bits per heavy atom. The topological polar surface area (TPSA) is 55.2 Å². The van der Waals surface area contributed by atoms with Crippen LogP contribution in [0.3, 0.4) is 0 Å². The van der Waals surface area contributed by atoms with Crippen LogP contribution in [0.5, 0.6) is 0 Å². The van der Waals surface area contributed by atoms with E-state index in [2.05, 4.69) is 19.2 Å². The maximum absolute atomic E-state index is 10.9. The van der Waals surface area contributed by atoms with Crippen molar-refractivity contribution in [3.63, 3.8) is 0 Å². The molecule has 0 aliphatic carbocycles. The van der Waals surface area contributed by atoms with Crippen LogP contribution in [0.15, 0.2) is 18.2 Å². The van der Waals surface area contributed by atoms with Crippen LogP contribution in [0.25, 0.3) is 0 Å². The number of anilines is 1. The molecule has 1 N–H and O–H groups in total. The lowest BCUT2D eigenvalue weighted by Gasteiger charge is -2.08. The van der Waals surface area contributed by atoms with Crippen molar-refractivity contribution in [2.24, 2.45) is 5.92 Å². The summed E-state index contributed by atoms with van der Waals surface area (Å²) in [6.45, 7) is 5.13. The molecule has 0 saturated heterocycles. The van der Waals surface area contributed by atoms with Gasteiger partial charge in [0.15, 0.2) is 0 Å². The van der Waals surface area contributed by atoms with Crippen molar-refractivity contribution in [3.05, 3.63) is 33.3 Å². The van der Waals surface area contributed by atoms with Crippen LogP contribution in [-0.4, -0.2) is 11.5 Å². The van der Waals surface area contributed by atoms with Gasteiger partial charge in [-0.15, -0.1) is 0 Å². The number of unbranched alkanes of at least 4 members (excludes halogenated alkanes) is 1. The lowest BCUT2D eigenvalue weighted by Crippen LogP contribution is -2.04. The van der Waals surface area contributed by atoms with E-state index in [1.165, 1.54) is 12.5 Å². The second kappa shape index (κ2) is 7.21. The lowest BCUT2D eigenvalue weighted by atomic mass is 10.1. The molecule has 0 aliphatic rings. The van der Waals surface area contributed by atoms with Crippen molar-refractivity contribution in [3.8, 4) is 0 Å². The molecular formula is C13H19ClN2O2. The Morgan fingerprint density at radius 1 is 1.39 bits per heavy atom. The molecule has 0 spiro atoms.